The summed E-state index contributed by atoms with van der Waals surface area (Å²) in [6, 6.07) is 12.1. The second-order valence-corrected chi connectivity index (χ2v) is 4.34. The summed E-state index contributed by atoms with van der Waals surface area (Å²) in [5, 5.41) is 0. The summed E-state index contributed by atoms with van der Waals surface area (Å²) in [6.45, 7) is 1.86. The van der Waals surface area contributed by atoms with Crippen LogP contribution in [0.5, 0.6) is 5.75 Å². The first-order valence-corrected chi connectivity index (χ1v) is 6.02. The van der Waals surface area contributed by atoms with Gasteiger partial charge in [-0.25, -0.2) is 9.82 Å². The summed E-state index contributed by atoms with van der Waals surface area (Å²) in [4.78, 5) is 0. The Bertz CT molecular complexity index is 572. The number of halogens is 1. The van der Waals surface area contributed by atoms with Crippen LogP contribution in [0.15, 0.2) is 42.5 Å². The van der Waals surface area contributed by atoms with Crippen molar-refractivity contribution >= 4 is 0 Å². The van der Waals surface area contributed by atoms with Crippen LogP contribution in [0.25, 0.3) is 0 Å². The quantitative estimate of drug-likeness (QED) is 0.656. The molecule has 0 aliphatic rings. The molecule has 0 spiro atoms. The number of aryl methyl sites for hydroxylation is 1. The smallest absolute Gasteiger partial charge is 0.124 e. The molecule has 0 fully saturated rings. The SMILES string of the molecule is COc1ccccc1C(NN)c1ccc(F)cc1C. The minimum Gasteiger partial charge on any atom is -0.496 e. The number of methoxy groups -OCH3 is 1. The molecule has 0 radical (unpaired) electrons. The third-order valence-corrected chi connectivity index (χ3v) is 3.16. The monoisotopic (exact) mass is 260 g/mol. The number of hydrogen-bond donors (Lipinski definition) is 2. The molecule has 0 aliphatic heterocycles. The third kappa shape index (κ3) is 2.75. The fourth-order valence-electron chi connectivity index (χ4n) is 2.22. The number of hydrazine groups is 1. The molecule has 2 aromatic rings. The van der Waals surface area contributed by atoms with Crippen LogP contribution in [0.1, 0.15) is 22.7 Å². The molecule has 0 aliphatic carbocycles. The number of rotatable bonds is 4. The van der Waals surface area contributed by atoms with Gasteiger partial charge in [0.25, 0.3) is 0 Å². The molecule has 0 heterocycles. The van der Waals surface area contributed by atoms with Crippen LogP contribution in [0.2, 0.25) is 0 Å². The van der Waals surface area contributed by atoms with Gasteiger partial charge in [-0.05, 0) is 36.2 Å². The molecule has 2 rings (SSSR count). The normalized spacial score (nSPS) is 12.2. The molecule has 1 atom stereocenters. The van der Waals surface area contributed by atoms with E-state index >= 15 is 0 Å². The second kappa shape index (κ2) is 5.82. The molecule has 0 amide bonds. The Morgan fingerprint density at radius 3 is 2.53 bits per heavy atom. The van der Waals surface area contributed by atoms with Gasteiger partial charge in [-0.1, -0.05) is 24.3 Å². The highest BCUT2D eigenvalue weighted by Gasteiger charge is 2.18. The van der Waals surface area contributed by atoms with Gasteiger partial charge in [-0.2, -0.15) is 0 Å². The van der Waals surface area contributed by atoms with E-state index < -0.39 is 0 Å². The van der Waals surface area contributed by atoms with Crippen LogP contribution < -0.4 is 16.0 Å². The fraction of sp³-hybridized carbons (Fsp3) is 0.200. The van der Waals surface area contributed by atoms with E-state index in [0.29, 0.717) is 0 Å². The van der Waals surface area contributed by atoms with Gasteiger partial charge < -0.3 is 4.74 Å². The van der Waals surface area contributed by atoms with Crippen molar-refractivity contribution in [1.29, 1.82) is 0 Å². The molecular weight excluding hydrogens is 243 g/mol. The third-order valence-electron chi connectivity index (χ3n) is 3.16. The zero-order chi connectivity index (χ0) is 13.8. The number of ether oxygens (including phenoxy) is 1. The Balaban J connectivity index is 2.50. The number of nitrogens with two attached hydrogens (primary N) is 1. The highest BCUT2D eigenvalue weighted by Crippen LogP contribution is 2.31. The van der Waals surface area contributed by atoms with E-state index in [0.717, 1.165) is 22.4 Å². The predicted octanol–water partition coefficient (Wildman–Crippen LogP) is 2.70. The molecule has 0 bridgehead atoms. The van der Waals surface area contributed by atoms with Crippen LogP contribution in [0.3, 0.4) is 0 Å². The zero-order valence-corrected chi connectivity index (χ0v) is 11.0. The molecule has 0 saturated carbocycles. The van der Waals surface area contributed by atoms with Gasteiger partial charge in [-0.15, -0.1) is 0 Å². The molecule has 0 saturated heterocycles. The van der Waals surface area contributed by atoms with Gasteiger partial charge in [0.05, 0.1) is 13.2 Å². The summed E-state index contributed by atoms with van der Waals surface area (Å²) in [5.74, 6) is 6.16. The van der Waals surface area contributed by atoms with E-state index in [1.54, 1.807) is 13.2 Å². The average Bonchev–Trinajstić information content (AvgIpc) is 2.42. The van der Waals surface area contributed by atoms with Crippen molar-refractivity contribution in [2.45, 2.75) is 13.0 Å². The first kappa shape index (κ1) is 13.5. The molecule has 4 heteroatoms. The molecular formula is C15H17FN2O. The van der Waals surface area contributed by atoms with E-state index in [2.05, 4.69) is 5.43 Å². The van der Waals surface area contributed by atoms with Crippen LogP contribution in [0, 0.1) is 12.7 Å². The lowest BCUT2D eigenvalue weighted by atomic mass is 9.95. The van der Waals surface area contributed by atoms with E-state index in [9.17, 15) is 4.39 Å². The molecule has 3 nitrogen and oxygen atoms in total. The Hall–Kier alpha value is -1.91. The maximum absolute atomic E-state index is 13.2. The first-order chi connectivity index (χ1) is 9.17. The van der Waals surface area contributed by atoms with Crippen LogP contribution in [-0.2, 0) is 0 Å². The molecule has 0 aromatic heterocycles. The van der Waals surface area contributed by atoms with E-state index in [1.165, 1.54) is 12.1 Å². The van der Waals surface area contributed by atoms with Crippen LogP contribution >= 0.6 is 0 Å². The van der Waals surface area contributed by atoms with Crippen molar-refractivity contribution in [3.05, 3.63) is 65.0 Å². The maximum atomic E-state index is 13.2. The molecule has 2 aromatic carbocycles. The van der Waals surface area contributed by atoms with Crippen LogP contribution in [0.4, 0.5) is 4.39 Å². The Morgan fingerprint density at radius 1 is 1.16 bits per heavy atom. The Kier molecular flexibility index (Phi) is 4.14. The zero-order valence-electron chi connectivity index (χ0n) is 11.0. The number of hydrogen-bond acceptors (Lipinski definition) is 3. The minimum absolute atomic E-state index is 0.239. The van der Waals surface area contributed by atoms with Gasteiger partial charge in [-0.3, -0.25) is 5.84 Å². The van der Waals surface area contributed by atoms with Crippen molar-refractivity contribution in [3.63, 3.8) is 0 Å². The molecule has 19 heavy (non-hydrogen) atoms. The number of benzene rings is 2. The van der Waals surface area contributed by atoms with Crippen molar-refractivity contribution in [2.75, 3.05) is 7.11 Å². The maximum Gasteiger partial charge on any atom is 0.124 e. The Morgan fingerprint density at radius 2 is 1.89 bits per heavy atom. The number of nitrogens with one attached hydrogen (secondary N) is 1. The van der Waals surface area contributed by atoms with Gasteiger partial charge in [0.1, 0.15) is 11.6 Å². The predicted molar refractivity (Wildman–Crippen MR) is 73.3 cm³/mol. The number of para-hydroxylation sites is 1. The summed E-state index contributed by atoms with van der Waals surface area (Å²) in [7, 11) is 1.62. The second-order valence-electron chi connectivity index (χ2n) is 4.34. The highest BCUT2D eigenvalue weighted by atomic mass is 19.1. The van der Waals surface area contributed by atoms with Gasteiger partial charge in [0.15, 0.2) is 0 Å². The highest BCUT2D eigenvalue weighted by molar-refractivity contribution is 5.43. The molecule has 3 N–H and O–H groups in total. The minimum atomic E-state index is -0.253. The summed E-state index contributed by atoms with van der Waals surface area (Å²) in [5.41, 5.74) is 5.45. The van der Waals surface area contributed by atoms with E-state index in [1.807, 2.05) is 31.2 Å². The molecule has 100 valence electrons. The summed E-state index contributed by atoms with van der Waals surface area (Å²) < 4.78 is 18.5. The lowest BCUT2D eigenvalue weighted by Gasteiger charge is -2.21. The topological polar surface area (TPSA) is 47.3 Å². The van der Waals surface area contributed by atoms with Gasteiger partial charge in [0.2, 0.25) is 0 Å². The lowest BCUT2D eigenvalue weighted by molar-refractivity contribution is 0.404. The van der Waals surface area contributed by atoms with E-state index in [4.69, 9.17) is 10.6 Å². The van der Waals surface area contributed by atoms with Gasteiger partial charge in [0, 0.05) is 5.56 Å². The first-order valence-electron chi connectivity index (χ1n) is 6.02. The van der Waals surface area contributed by atoms with Crippen LogP contribution in [-0.4, -0.2) is 7.11 Å². The van der Waals surface area contributed by atoms with Crippen molar-refractivity contribution in [3.8, 4) is 5.75 Å². The van der Waals surface area contributed by atoms with Crippen molar-refractivity contribution in [1.82, 2.24) is 5.43 Å². The summed E-state index contributed by atoms with van der Waals surface area (Å²) in [6.07, 6.45) is 0. The van der Waals surface area contributed by atoms with Crippen molar-refractivity contribution in [2.24, 2.45) is 5.84 Å². The summed E-state index contributed by atoms with van der Waals surface area (Å²) >= 11 is 0. The van der Waals surface area contributed by atoms with E-state index in [-0.39, 0.29) is 11.9 Å². The fourth-order valence-corrected chi connectivity index (χ4v) is 2.22. The largest absolute Gasteiger partial charge is 0.496 e. The van der Waals surface area contributed by atoms with Crippen molar-refractivity contribution < 1.29 is 9.13 Å². The Labute approximate surface area is 112 Å². The lowest BCUT2D eigenvalue weighted by Crippen LogP contribution is -2.29. The standard InChI is InChI=1S/C15H17FN2O/c1-10-9-11(16)7-8-12(10)15(18-17)13-5-3-4-6-14(13)19-2/h3-9,15,18H,17H2,1-2H3. The molecule has 1 unspecified atom stereocenters. The average molecular weight is 260 g/mol. The van der Waals surface area contributed by atoms with Gasteiger partial charge >= 0.3 is 0 Å².